The van der Waals surface area contributed by atoms with E-state index in [0.29, 0.717) is 18.7 Å². The smallest absolute Gasteiger partial charge is 0.134 e. The van der Waals surface area contributed by atoms with Crippen molar-refractivity contribution < 1.29 is 13.2 Å². The normalized spacial score (nSPS) is 12.4. The molecule has 0 radical (unpaired) electrons. The second-order valence-corrected chi connectivity index (χ2v) is 5.36. The Morgan fingerprint density at radius 3 is 2.29 bits per heavy atom. The average molecular weight is 311 g/mol. The molecule has 0 heterocycles. The standard InChI is InChI=1S/C16H16F3NS/c1-3-20-16(11-6-4-5-7-14(11)21-2)15-12(18)8-10(17)9-13(15)19/h4-9,16,20H,3H2,1-2H3. The molecule has 5 heteroatoms. The van der Waals surface area contributed by atoms with Crippen molar-refractivity contribution in [2.75, 3.05) is 12.8 Å². The molecule has 2 aromatic rings. The van der Waals surface area contributed by atoms with Crippen LogP contribution in [0.15, 0.2) is 41.3 Å². The van der Waals surface area contributed by atoms with Gasteiger partial charge in [0, 0.05) is 22.6 Å². The first-order chi connectivity index (χ1) is 10.1. The second-order valence-electron chi connectivity index (χ2n) is 4.52. The van der Waals surface area contributed by atoms with Gasteiger partial charge in [-0.2, -0.15) is 0 Å². The third kappa shape index (κ3) is 3.41. The van der Waals surface area contributed by atoms with Gasteiger partial charge in [0.05, 0.1) is 6.04 Å². The maximum atomic E-state index is 14.1. The van der Waals surface area contributed by atoms with E-state index in [0.717, 1.165) is 10.5 Å². The Morgan fingerprint density at radius 2 is 1.71 bits per heavy atom. The number of thioether (sulfide) groups is 1. The second kappa shape index (κ2) is 7.00. The van der Waals surface area contributed by atoms with Crippen LogP contribution in [0, 0.1) is 17.5 Å². The monoisotopic (exact) mass is 311 g/mol. The van der Waals surface area contributed by atoms with Crippen molar-refractivity contribution in [2.24, 2.45) is 0 Å². The van der Waals surface area contributed by atoms with Gasteiger partial charge in [-0.25, -0.2) is 13.2 Å². The predicted molar refractivity (Wildman–Crippen MR) is 80.1 cm³/mol. The van der Waals surface area contributed by atoms with E-state index in [4.69, 9.17) is 0 Å². The van der Waals surface area contributed by atoms with Crippen LogP contribution in [0.1, 0.15) is 24.1 Å². The van der Waals surface area contributed by atoms with Gasteiger partial charge < -0.3 is 5.32 Å². The molecule has 0 bridgehead atoms. The highest BCUT2D eigenvalue weighted by molar-refractivity contribution is 7.98. The predicted octanol–water partition coefficient (Wildman–Crippen LogP) is 4.52. The van der Waals surface area contributed by atoms with E-state index in [9.17, 15) is 13.2 Å². The van der Waals surface area contributed by atoms with E-state index in [1.54, 1.807) is 0 Å². The number of nitrogens with one attached hydrogen (secondary N) is 1. The van der Waals surface area contributed by atoms with Gasteiger partial charge >= 0.3 is 0 Å². The van der Waals surface area contributed by atoms with Crippen molar-refractivity contribution >= 4 is 11.8 Å². The van der Waals surface area contributed by atoms with Crippen molar-refractivity contribution in [1.29, 1.82) is 0 Å². The molecule has 0 aliphatic rings. The van der Waals surface area contributed by atoms with Crippen LogP contribution < -0.4 is 5.32 Å². The lowest BCUT2D eigenvalue weighted by Gasteiger charge is -2.22. The number of hydrogen-bond acceptors (Lipinski definition) is 2. The fourth-order valence-electron chi connectivity index (χ4n) is 2.31. The minimum Gasteiger partial charge on any atom is -0.306 e. The van der Waals surface area contributed by atoms with Gasteiger partial charge in [-0.3, -0.25) is 0 Å². The first-order valence-electron chi connectivity index (χ1n) is 6.59. The summed E-state index contributed by atoms with van der Waals surface area (Å²) in [6, 6.07) is 8.17. The number of hydrogen-bond donors (Lipinski definition) is 1. The summed E-state index contributed by atoms with van der Waals surface area (Å²) in [5.74, 6) is -2.68. The van der Waals surface area contributed by atoms with E-state index in [1.807, 2.05) is 37.4 Å². The van der Waals surface area contributed by atoms with Crippen LogP contribution in [0.25, 0.3) is 0 Å². The molecule has 0 aliphatic carbocycles. The Balaban J connectivity index is 2.59. The summed E-state index contributed by atoms with van der Waals surface area (Å²) in [7, 11) is 0. The van der Waals surface area contributed by atoms with E-state index in [-0.39, 0.29) is 5.56 Å². The summed E-state index contributed by atoms with van der Waals surface area (Å²) in [5, 5.41) is 3.08. The number of benzene rings is 2. The van der Waals surface area contributed by atoms with Crippen LogP contribution in [0.3, 0.4) is 0 Å². The molecule has 0 spiro atoms. The SMILES string of the molecule is CCNC(c1ccccc1SC)c1c(F)cc(F)cc1F. The molecule has 0 saturated carbocycles. The molecule has 0 saturated heterocycles. The maximum absolute atomic E-state index is 14.1. The van der Waals surface area contributed by atoms with Crippen molar-refractivity contribution in [3.63, 3.8) is 0 Å². The van der Waals surface area contributed by atoms with Crippen molar-refractivity contribution in [3.05, 3.63) is 65.0 Å². The molecule has 1 N–H and O–H groups in total. The van der Waals surface area contributed by atoms with Crippen molar-refractivity contribution in [2.45, 2.75) is 17.9 Å². The summed E-state index contributed by atoms with van der Waals surface area (Å²) < 4.78 is 41.3. The highest BCUT2D eigenvalue weighted by Crippen LogP contribution is 2.33. The summed E-state index contributed by atoms with van der Waals surface area (Å²) >= 11 is 1.50. The molecular weight excluding hydrogens is 295 g/mol. The van der Waals surface area contributed by atoms with Gasteiger partial charge in [-0.15, -0.1) is 11.8 Å². The largest absolute Gasteiger partial charge is 0.306 e. The molecule has 2 rings (SSSR count). The molecule has 21 heavy (non-hydrogen) atoms. The molecule has 0 aromatic heterocycles. The van der Waals surface area contributed by atoms with Gasteiger partial charge in [0.2, 0.25) is 0 Å². The van der Waals surface area contributed by atoms with E-state index >= 15 is 0 Å². The lowest BCUT2D eigenvalue weighted by molar-refractivity contribution is 0.490. The Morgan fingerprint density at radius 1 is 1.10 bits per heavy atom. The van der Waals surface area contributed by atoms with Gasteiger partial charge in [-0.05, 0) is 24.4 Å². The molecule has 112 valence electrons. The Labute approximate surface area is 126 Å². The van der Waals surface area contributed by atoms with E-state index < -0.39 is 23.5 Å². The van der Waals surface area contributed by atoms with Crippen LogP contribution in [-0.2, 0) is 0 Å². The van der Waals surface area contributed by atoms with Crippen LogP contribution in [0.5, 0.6) is 0 Å². The number of rotatable bonds is 5. The number of halogens is 3. The van der Waals surface area contributed by atoms with Crippen LogP contribution >= 0.6 is 11.8 Å². The van der Waals surface area contributed by atoms with Crippen molar-refractivity contribution in [1.82, 2.24) is 5.32 Å². The fourth-order valence-corrected chi connectivity index (χ4v) is 2.94. The summed E-state index contributed by atoms with van der Waals surface area (Å²) in [5.41, 5.74) is 0.621. The summed E-state index contributed by atoms with van der Waals surface area (Å²) in [6.45, 7) is 2.39. The zero-order chi connectivity index (χ0) is 15.4. The van der Waals surface area contributed by atoms with Crippen LogP contribution in [0.2, 0.25) is 0 Å². The lowest BCUT2D eigenvalue weighted by Crippen LogP contribution is -2.25. The highest BCUT2D eigenvalue weighted by atomic mass is 32.2. The molecule has 1 atom stereocenters. The molecule has 1 nitrogen and oxygen atoms in total. The third-order valence-electron chi connectivity index (χ3n) is 3.19. The lowest BCUT2D eigenvalue weighted by atomic mass is 9.97. The minimum absolute atomic E-state index is 0.153. The van der Waals surface area contributed by atoms with E-state index in [2.05, 4.69) is 5.32 Å². The van der Waals surface area contributed by atoms with Gasteiger partial charge in [0.15, 0.2) is 0 Å². The minimum atomic E-state index is -0.915. The fraction of sp³-hybridized carbons (Fsp3) is 0.250. The first-order valence-corrected chi connectivity index (χ1v) is 7.81. The first kappa shape index (κ1) is 15.9. The third-order valence-corrected chi connectivity index (χ3v) is 4.00. The van der Waals surface area contributed by atoms with E-state index in [1.165, 1.54) is 11.8 Å². The quantitative estimate of drug-likeness (QED) is 0.815. The van der Waals surface area contributed by atoms with Gasteiger partial charge in [0.25, 0.3) is 0 Å². The molecule has 0 aliphatic heterocycles. The highest BCUT2D eigenvalue weighted by Gasteiger charge is 2.24. The summed E-state index contributed by atoms with van der Waals surface area (Å²) in [6.07, 6.45) is 1.90. The molecule has 1 unspecified atom stereocenters. The topological polar surface area (TPSA) is 12.0 Å². The van der Waals surface area contributed by atoms with Crippen LogP contribution in [-0.4, -0.2) is 12.8 Å². The molecular formula is C16H16F3NS. The maximum Gasteiger partial charge on any atom is 0.134 e. The average Bonchev–Trinajstić information content (AvgIpc) is 2.45. The van der Waals surface area contributed by atoms with Gasteiger partial charge in [-0.1, -0.05) is 25.1 Å². The van der Waals surface area contributed by atoms with Crippen LogP contribution in [0.4, 0.5) is 13.2 Å². The molecule has 0 amide bonds. The Bertz CT molecular complexity index is 608. The zero-order valence-electron chi connectivity index (χ0n) is 11.8. The van der Waals surface area contributed by atoms with Crippen molar-refractivity contribution in [3.8, 4) is 0 Å². The Kier molecular flexibility index (Phi) is 5.31. The Hall–Kier alpha value is -1.46. The zero-order valence-corrected chi connectivity index (χ0v) is 12.6. The molecule has 2 aromatic carbocycles. The molecule has 0 fully saturated rings. The summed E-state index contributed by atoms with van der Waals surface area (Å²) in [4.78, 5) is 0.923. The van der Waals surface area contributed by atoms with Gasteiger partial charge in [0.1, 0.15) is 17.5 Å².